The van der Waals surface area contributed by atoms with Crippen molar-refractivity contribution in [3.05, 3.63) is 23.3 Å². The van der Waals surface area contributed by atoms with Crippen LogP contribution < -0.4 is 0 Å². The zero-order valence-electron chi connectivity index (χ0n) is 36.3. The number of esters is 1. The van der Waals surface area contributed by atoms with E-state index in [4.69, 9.17) is 40.0 Å². The maximum absolute atomic E-state index is 14.5. The van der Waals surface area contributed by atoms with Gasteiger partial charge in [-0.1, -0.05) is 45.4 Å². The highest BCUT2D eigenvalue weighted by atomic mass is 35.5. The number of aliphatic hydroxyl groups is 2. The molecule has 15 atom stereocenters. The topological polar surface area (TPSA) is 167 Å². The van der Waals surface area contributed by atoms with Crippen molar-refractivity contribution in [3.8, 4) is 0 Å². The number of Topliss-reactive ketones (excluding diaryl/α,β-unsaturated/α-hetero) is 2. The number of hydrogen-bond donors (Lipinski definition) is 2. The van der Waals surface area contributed by atoms with Crippen LogP contribution in [-0.2, 0) is 47.6 Å². The number of halogens is 1. The number of cyclic esters (lactones) is 1. The van der Waals surface area contributed by atoms with Crippen LogP contribution in [0.4, 0.5) is 0 Å². The van der Waals surface area contributed by atoms with Crippen molar-refractivity contribution in [2.45, 2.75) is 172 Å². The van der Waals surface area contributed by atoms with Gasteiger partial charge >= 0.3 is 5.97 Å². The average molecular weight is 840 g/mol. The van der Waals surface area contributed by atoms with Gasteiger partial charge in [0.2, 0.25) is 5.79 Å². The second kappa shape index (κ2) is 21.5. The molecule has 58 heavy (non-hydrogen) atoms. The molecule has 1 unspecified atom stereocenters. The molecule has 0 spiro atoms. The summed E-state index contributed by atoms with van der Waals surface area (Å²) >= 11 is 6.54. The second-order valence-electron chi connectivity index (χ2n) is 17.4. The molecule has 13 nitrogen and oxygen atoms in total. The van der Waals surface area contributed by atoms with Crippen LogP contribution in [0.15, 0.2) is 23.3 Å². The fraction of sp³-hybridized carbons (Fsp3) is 0.818. The van der Waals surface area contributed by atoms with E-state index < -0.39 is 84.0 Å². The Bertz CT molecular complexity index is 1490. The molecule has 1 amide bonds. The Morgan fingerprint density at radius 1 is 0.931 bits per heavy atom. The summed E-state index contributed by atoms with van der Waals surface area (Å²) in [6, 6.07) is -1.26. The fourth-order valence-corrected chi connectivity index (χ4v) is 9.96. The Labute approximate surface area is 350 Å². The molecule has 3 fully saturated rings. The number of ether oxygens (including phenoxy) is 6. The molecule has 4 aliphatic rings. The first-order valence-corrected chi connectivity index (χ1v) is 21.7. The first-order valence-electron chi connectivity index (χ1n) is 21.2. The molecule has 0 aromatic rings. The van der Waals surface area contributed by atoms with Gasteiger partial charge in [-0.15, -0.1) is 11.6 Å². The zero-order chi connectivity index (χ0) is 43.1. The molecule has 2 N–H and O–H groups in total. The van der Waals surface area contributed by atoms with Crippen LogP contribution in [0.3, 0.4) is 0 Å². The molecule has 2 bridgehead atoms. The number of ketones is 2. The van der Waals surface area contributed by atoms with Crippen molar-refractivity contribution in [1.82, 2.24) is 4.90 Å². The summed E-state index contributed by atoms with van der Waals surface area (Å²) in [5.41, 5.74) is 1.67. The standard InChI is InChI=1S/C44H70ClNO12/c1-11-30-18-24(2)17-25(3)19-36(54-8)40-37(55-9)21-27(5)44(52,58-40)41(49)42(50)46-32(13-12-14-38(46)56-10)43(51)57-39(28(6)33(47)23-34(30)48)26(4)20-29-15-16-31(45)35(22-29)53-7/h18,20,25,27-33,35-40,47,52H,11-17,19,21-23H2,1-10H3/b24-18+,26-20+/t25-,27+,28+,29-,30+,31-,32-,33-,35+,36?,37-,38-,39+,40+,44+/m0/s1. The van der Waals surface area contributed by atoms with Crippen molar-refractivity contribution in [1.29, 1.82) is 0 Å². The summed E-state index contributed by atoms with van der Waals surface area (Å²) in [5.74, 6) is -7.80. The second-order valence-corrected chi connectivity index (χ2v) is 18.0. The molecule has 0 radical (unpaired) electrons. The van der Waals surface area contributed by atoms with Crippen LogP contribution in [0.5, 0.6) is 0 Å². The van der Waals surface area contributed by atoms with E-state index >= 15 is 0 Å². The van der Waals surface area contributed by atoms with Crippen LogP contribution in [-0.4, -0.2) is 127 Å². The number of nitrogens with zero attached hydrogens (tertiary/aromatic N) is 1. The first kappa shape index (κ1) is 48.4. The number of allylic oxidation sites excluding steroid dienone is 3. The van der Waals surface area contributed by atoms with Crippen molar-refractivity contribution < 1.29 is 57.8 Å². The lowest BCUT2D eigenvalue weighted by Crippen LogP contribution is -2.65. The van der Waals surface area contributed by atoms with Crippen molar-refractivity contribution in [2.75, 3.05) is 28.4 Å². The number of fused-ring (bicyclic) bond motifs is 3. The Morgan fingerprint density at radius 3 is 2.21 bits per heavy atom. The fourth-order valence-electron chi connectivity index (χ4n) is 9.63. The van der Waals surface area contributed by atoms with E-state index in [2.05, 4.69) is 0 Å². The van der Waals surface area contributed by atoms with Crippen LogP contribution in [0.2, 0.25) is 0 Å². The number of hydrogen-bond acceptors (Lipinski definition) is 12. The number of carbonyl (C=O) groups is 4. The third-order valence-electron chi connectivity index (χ3n) is 13.2. The Hall–Kier alpha value is -2.23. The normalized spacial score (nSPS) is 41.8. The van der Waals surface area contributed by atoms with E-state index in [9.17, 15) is 29.4 Å². The SMILES string of the molecule is CC[C@@H]1/C=C(\C)C[C@H](C)CC(OC)[C@H]2O[C@@](O)(C(=O)C(=O)N3[C@@H](OC)CCC[C@H]3C(=O)O[C@H](/C(C)=C/[C@@H]3CC[C@H](Cl)[C@H](OC)C3)[C@H](C)[C@@H](O)CC1=O)[C@H](C)C[C@@H]2OC. The molecule has 0 aromatic heterocycles. The number of rotatable bonds is 7. The summed E-state index contributed by atoms with van der Waals surface area (Å²) in [7, 11) is 6.07. The van der Waals surface area contributed by atoms with Crippen LogP contribution in [0.25, 0.3) is 0 Å². The number of piperidine rings is 1. The van der Waals surface area contributed by atoms with Crippen LogP contribution in [0, 0.1) is 29.6 Å². The molecule has 2 saturated heterocycles. The third-order valence-corrected chi connectivity index (χ3v) is 13.7. The number of aliphatic hydroxyl groups excluding tert-OH is 1. The van der Waals surface area contributed by atoms with Crippen molar-refractivity contribution >= 4 is 35.0 Å². The summed E-state index contributed by atoms with van der Waals surface area (Å²) < 4.78 is 35.7. The van der Waals surface area contributed by atoms with E-state index in [1.807, 2.05) is 39.8 Å². The lowest BCUT2D eigenvalue weighted by molar-refractivity contribution is -0.303. The van der Waals surface area contributed by atoms with Gasteiger partial charge in [0.1, 0.15) is 30.3 Å². The molecular formula is C44H70ClNO12. The van der Waals surface area contributed by atoms with Gasteiger partial charge in [-0.05, 0) is 95.5 Å². The number of alkyl halides is 1. The minimum absolute atomic E-state index is 0.0216. The molecule has 3 heterocycles. The Balaban J connectivity index is 1.81. The summed E-state index contributed by atoms with van der Waals surface area (Å²) in [6.07, 6.45) is 3.39. The third kappa shape index (κ3) is 11.2. The first-order chi connectivity index (χ1) is 27.4. The van der Waals surface area contributed by atoms with Crippen molar-refractivity contribution in [3.63, 3.8) is 0 Å². The Morgan fingerprint density at radius 2 is 1.59 bits per heavy atom. The maximum atomic E-state index is 14.5. The van der Waals surface area contributed by atoms with Crippen LogP contribution >= 0.6 is 11.6 Å². The van der Waals surface area contributed by atoms with Crippen molar-refractivity contribution in [2.24, 2.45) is 29.6 Å². The highest BCUT2D eigenvalue weighted by Gasteiger charge is 2.57. The van der Waals surface area contributed by atoms with Gasteiger partial charge in [-0.2, -0.15) is 0 Å². The molecule has 4 rings (SSSR count). The molecule has 0 aromatic carbocycles. The molecule has 1 aliphatic carbocycles. The quantitative estimate of drug-likeness (QED) is 0.139. The largest absolute Gasteiger partial charge is 0.456 e. The van der Waals surface area contributed by atoms with Gasteiger partial charge < -0.3 is 38.6 Å². The van der Waals surface area contributed by atoms with Crippen LogP contribution in [0.1, 0.15) is 112 Å². The molecule has 14 heteroatoms. The van der Waals surface area contributed by atoms with E-state index in [1.54, 1.807) is 21.0 Å². The highest BCUT2D eigenvalue weighted by molar-refractivity contribution is 6.39. The number of methoxy groups -OCH3 is 4. The van der Waals surface area contributed by atoms with Gasteiger partial charge in [0.05, 0.1) is 29.8 Å². The molecule has 330 valence electrons. The number of amides is 1. The molecular weight excluding hydrogens is 770 g/mol. The molecule has 1 saturated carbocycles. The van der Waals surface area contributed by atoms with Gasteiger partial charge in [-0.25, -0.2) is 4.79 Å². The monoisotopic (exact) mass is 839 g/mol. The smallest absolute Gasteiger partial charge is 0.329 e. The van der Waals surface area contributed by atoms with E-state index in [0.29, 0.717) is 44.1 Å². The average Bonchev–Trinajstić information content (AvgIpc) is 3.20. The molecule has 3 aliphatic heterocycles. The van der Waals surface area contributed by atoms with E-state index in [0.717, 1.165) is 23.3 Å². The summed E-state index contributed by atoms with van der Waals surface area (Å²) in [6.45, 7) is 11.2. The predicted octanol–water partition coefficient (Wildman–Crippen LogP) is 5.69. The number of carbonyl (C=O) groups excluding carboxylic acids is 4. The highest BCUT2D eigenvalue weighted by Crippen LogP contribution is 2.40. The lowest BCUT2D eigenvalue weighted by Gasteiger charge is -2.47. The van der Waals surface area contributed by atoms with Gasteiger partial charge in [0.15, 0.2) is 0 Å². The Kier molecular flexibility index (Phi) is 18.0. The van der Waals surface area contributed by atoms with Gasteiger partial charge in [0, 0.05) is 52.6 Å². The summed E-state index contributed by atoms with van der Waals surface area (Å²) in [4.78, 5) is 58.3. The predicted molar refractivity (Wildman–Crippen MR) is 218 cm³/mol. The zero-order valence-corrected chi connectivity index (χ0v) is 37.1. The minimum Gasteiger partial charge on any atom is -0.456 e. The lowest BCUT2D eigenvalue weighted by atomic mass is 9.82. The van der Waals surface area contributed by atoms with E-state index in [-0.39, 0.29) is 48.4 Å². The summed E-state index contributed by atoms with van der Waals surface area (Å²) in [5, 5.41) is 23.7. The minimum atomic E-state index is -2.56. The van der Waals surface area contributed by atoms with Gasteiger partial charge in [-0.3, -0.25) is 19.3 Å². The van der Waals surface area contributed by atoms with E-state index in [1.165, 1.54) is 21.3 Å². The maximum Gasteiger partial charge on any atom is 0.329 e. The van der Waals surface area contributed by atoms with Gasteiger partial charge in [0.25, 0.3) is 11.7 Å².